The molecule has 0 heterocycles. The van der Waals surface area contributed by atoms with Crippen LogP contribution >= 0.6 is 0 Å². The molecule has 0 atom stereocenters. The zero-order valence-corrected chi connectivity index (χ0v) is 13.8. The van der Waals surface area contributed by atoms with Crippen LogP contribution in [0, 0.1) is 0 Å². The molecule has 0 fully saturated rings. The van der Waals surface area contributed by atoms with Crippen LogP contribution in [-0.2, 0) is 9.59 Å². The lowest BCUT2D eigenvalue weighted by Gasteiger charge is -2.09. The molecule has 2 aromatic rings. The third-order valence-corrected chi connectivity index (χ3v) is 3.20. The minimum absolute atomic E-state index is 0.0982. The Labute approximate surface area is 144 Å². The van der Waals surface area contributed by atoms with Gasteiger partial charge in [0.15, 0.2) is 11.6 Å². The number of ether oxygens (including phenoxy) is 2. The topological polar surface area (TPSA) is 86.7 Å². The molecule has 2 rings (SSSR count). The minimum Gasteiger partial charge on any atom is -0.426 e. The second-order valence-corrected chi connectivity index (χ2v) is 5.20. The summed E-state index contributed by atoms with van der Waals surface area (Å²) in [5, 5.41) is 0. The highest BCUT2D eigenvalue weighted by molar-refractivity contribution is 6.15. The molecular formula is C19H16O6. The Morgan fingerprint density at radius 3 is 1.40 bits per heavy atom. The summed E-state index contributed by atoms with van der Waals surface area (Å²) in [5.74, 6) is -1.93. The molecule has 25 heavy (non-hydrogen) atoms. The molecule has 6 nitrogen and oxygen atoms in total. The molecule has 0 aliphatic heterocycles. The van der Waals surface area contributed by atoms with E-state index >= 15 is 0 Å². The van der Waals surface area contributed by atoms with Crippen LogP contribution in [0.1, 0.15) is 41.0 Å². The van der Waals surface area contributed by atoms with Crippen molar-refractivity contribution >= 4 is 23.5 Å². The number of para-hydroxylation sites is 2. The maximum atomic E-state index is 12.4. The monoisotopic (exact) mass is 340 g/mol. The van der Waals surface area contributed by atoms with E-state index in [0.29, 0.717) is 0 Å². The van der Waals surface area contributed by atoms with E-state index in [9.17, 15) is 19.2 Å². The van der Waals surface area contributed by atoms with Crippen LogP contribution in [0.3, 0.4) is 0 Å². The molecule has 128 valence electrons. The maximum Gasteiger partial charge on any atom is 0.308 e. The predicted molar refractivity (Wildman–Crippen MR) is 88.8 cm³/mol. The molecule has 0 radical (unpaired) electrons. The van der Waals surface area contributed by atoms with Crippen molar-refractivity contribution in [3.8, 4) is 11.5 Å². The quantitative estimate of drug-likeness (QED) is 0.348. The fraction of sp³-hybridized carbons (Fsp3) is 0.158. The van der Waals surface area contributed by atoms with Crippen LogP contribution in [0.5, 0.6) is 11.5 Å². The number of Topliss-reactive ketones (excluding diaryl/α,β-unsaturated/α-hetero) is 2. The smallest absolute Gasteiger partial charge is 0.308 e. The van der Waals surface area contributed by atoms with Gasteiger partial charge < -0.3 is 9.47 Å². The van der Waals surface area contributed by atoms with E-state index in [0.717, 1.165) is 0 Å². The van der Waals surface area contributed by atoms with Crippen LogP contribution in [0.2, 0.25) is 0 Å². The number of rotatable bonds is 6. The molecule has 0 amide bonds. The summed E-state index contributed by atoms with van der Waals surface area (Å²) >= 11 is 0. The van der Waals surface area contributed by atoms with Crippen molar-refractivity contribution in [3.05, 3.63) is 59.7 Å². The van der Waals surface area contributed by atoms with Crippen molar-refractivity contribution in [3.63, 3.8) is 0 Å². The fourth-order valence-corrected chi connectivity index (χ4v) is 2.22. The molecular weight excluding hydrogens is 324 g/mol. The molecule has 0 unspecified atom stereocenters. The molecule has 0 saturated carbocycles. The van der Waals surface area contributed by atoms with Gasteiger partial charge in [0.1, 0.15) is 11.5 Å². The normalized spacial score (nSPS) is 10.0. The first kappa shape index (κ1) is 18.1. The van der Waals surface area contributed by atoms with Crippen LogP contribution in [0.25, 0.3) is 0 Å². The SMILES string of the molecule is CC(=O)Oc1ccccc1C(=O)CC(=O)c1ccccc1OC(C)=O. The van der Waals surface area contributed by atoms with Crippen molar-refractivity contribution in [1.82, 2.24) is 0 Å². The van der Waals surface area contributed by atoms with Crippen LogP contribution < -0.4 is 9.47 Å². The van der Waals surface area contributed by atoms with Crippen LogP contribution in [0.4, 0.5) is 0 Å². The molecule has 0 aliphatic rings. The molecule has 0 aliphatic carbocycles. The Morgan fingerprint density at radius 1 is 0.680 bits per heavy atom. The number of benzene rings is 2. The van der Waals surface area contributed by atoms with Gasteiger partial charge in [-0.2, -0.15) is 0 Å². The highest BCUT2D eigenvalue weighted by atomic mass is 16.5. The zero-order valence-electron chi connectivity index (χ0n) is 13.8. The average Bonchev–Trinajstić information content (AvgIpc) is 2.54. The zero-order chi connectivity index (χ0) is 18.4. The van der Waals surface area contributed by atoms with Crippen molar-refractivity contribution < 1.29 is 28.7 Å². The molecule has 0 aromatic heterocycles. The third-order valence-electron chi connectivity index (χ3n) is 3.20. The summed E-state index contributed by atoms with van der Waals surface area (Å²) in [7, 11) is 0. The Balaban J connectivity index is 2.23. The first-order valence-corrected chi connectivity index (χ1v) is 7.49. The van der Waals surface area contributed by atoms with Crippen molar-refractivity contribution in [2.75, 3.05) is 0 Å². The van der Waals surface area contributed by atoms with Gasteiger partial charge >= 0.3 is 11.9 Å². The second kappa shape index (κ2) is 8.01. The Hall–Kier alpha value is -3.28. The lowest BCUT2D eigenvalue weighted by molar-refractivity contribution is -0.132. The molecule has 2 aromatic carbocycles. The summed E-state index contributed by atoms with van der Waals surface area (Å²) in [4.78, 5) is 47.1. The molecule has 0 N–H and O–H groups in total. The van der Waals surface area contributed by atoms with Gasteiger partial charge in [-0.1, -0.05) is 24.3 Å². The van der Waals surface area contributed by atoms with E-state index < -0.39 is 29.9 Å². The number of esters is 2. The summed E-state index contributed by atoms with van der Waals surface area (Å²) in [5.41, 5.74) is 0.270. The number of ketones is 2. The van der Waals surface area contributed by atoms with E-state index in [-0.39, 0.29) is 22.6 Å². The van der Waals surface area contributed by atoms with E-state index in [2.05, 4.69) is 0 Å². The van der Waals surface area contributed by atoms with E-state index in [1.807, 2.05) is 0 Å². The highest BCUT2D eigenvalue weighted by Gasteiger charge is 2.20. The second-order valence-electron chi connectivity index (χ2n) is 5.20. The van der Waals surface area contributed by atoms with Gasteiger partial charge in [-0.3, -0.25) is 19.2 Å². The van der Waals surface area contributed by atoms with Crippen LogP contribution in [-0.4, -0.2) is 23.5 Å². The van der Waals surface area contributed by atoms with Gasteiger partial charge in [0.25, 0.3) is 0 Å². The predicted octanol–water partition coefficient (Wildman–Crippen LogP) is 2.99. The van der Waals surface area contributed by atoms with E-state index in [4.69, 9.17) is 9.47 Å². The number of carbonyl (C=O) groups excluding carboxylic acids is 4. The molecule has 0 bridgehead atoms. The summed E-state index contributed by atoms with van der Waals surface area (Å²) in [6.07, 6.45) is -0.448. The van der Waals surface area contributed by atoms with Gasteiger partial charge in [-0.25, -0.2) is 0 Å². The Morgan fingerprint density at radius 2 is 1.04 bits per heavy atom. The first-order valence-electron chi connectivity index (χ1n) is 7.49. The Kier molecular flexibility index (Phi) is 5.79. The van der Waals surface area contributed by atoms with Gasteiger partial charge in [0.05, 0.1) is 17.5 Å². The van der Waals surface area contributed by atoms with Gasteiger partial charge in [-0.05, 0) is 24.3 Å². The van der Waals surface area contributed by atoms with E-state index in [1.165, 1.54) is 38.1 Å². The maximum absolute atomic E-state index is 12.4. The first-order chi connectivity index (χ1) is 11.9. The summed E-state index contributed by atoms with van der Waals surface area (Å²) < 4.78 is 9.98. The van der Waals surface area contributed by atoms with Gasteiger partial charge in [-0.15, -0.1) is 0 Å². The Bertz CT molecular complexity index is 768. The minimum atomic E-state index is -0.563. The standard InChI is InChI=1S/C19H16O6/c1-12(20)24-18-9-5-3-7-14(18)16(22)11-17(23)15-8-4-6-10-19(15)25-13(2)21/h3-10H,11H2,1-2H3. The lowest BCUT2D eigenvalue weighted by Crippen LogP contribution is -2.13. The largest absolute Gasteiger partial charge is 0.426 e. The van der Waals surface area contributed by atoms with Crippen molar-refractivity contribution in [2.45, 2.75) is 20.3 Å². The molecule has 0 spiro atoms. The summed E-state index contributed by atoms with van der Waals surface area (Å²) in [6.45, 7) is 2.45. The van der Waals surface area contributed by atoms with Crippen molar-refractivity contribution in [2.24, 2.45) is 0 Å². The lowest BCUT2D eigenvalue weighted by atomic mass is 10.0. The third kappa shape index (κ3) is 4.84. The van der Waals surface area contributed by atoms with Crippen LogP contribution in [0.15, 0.2) is 48.5 Å². The molecule has 0 saturated heterocycles. The van der Waals surface area contributed by atoms with Gasteiger partial charge in [0.2, 0.25) is 0 Å². The number of hydrogen-bond donors (Lipinski definition) is 0. The highest BCUT2D eigenvalue weighted by Crippen LogP contribution is 2.24. The fourth-order valence-electron chi connectivity index (χ4n) is 2.22. The molecule has 6 heteroatoms. The number of hydrogen-bond acceptors (Lipinski definition) is 6. The van der Waals surface area contributed by atoms with Crippen molar-refractivity contribution in [1.29, 1.82) is 0 Å². The average molecular weight is 340 g/mol. The summed E-state index contributed by atoms with van der Waals surface area (Å²) in [6, 6.07) is 12.4. The van der Waals surface area contributed by atoms with E-state index in [1.54, 1.807) is 24.3 Å². The van der Waals surface area contributed by atoms with Gasteiger partial charge in [0, 0.05) is 13.8 Å². The number of carbonyl (C=O) groups is 4.